The van der Waals surface area contributed by atoms with Gasteiger partial charge in [-0.2, -0.15) is 4.39 Å². The lowest BCUT2D eigenvalue weighted by Crippen LogP contribution is -2.48. The average Bonchev–Trinajstić information content (AvgIpc) is 2.45. The highest BCUT2D eigenvalue weighted by Gasteiger charge is 2.30. The van der Waals surface area contributed by atoms with Gasteiger partial charge in [0.15, 0.2) is 6.10 Å². The first kappa shape index (κ1) is 13.4. The van der Waals surface area contributed by atoms with E-state index in [4.69, 9.17) is 4.74 Å². The van der Waals surface area contributed by atoms with Crippen LogP contribution in [-0.2, 0) is 14.3 Å². The molecule has 1 aliphatic rings. The Hall–Kier alpha value is -2.02. The van der Waals surface area contributed by atoms with Crippen molar-refractivity contribution in [2.45, 2.75) is 6.10 Å². The molecule has 1 unspecified atom stereocenters. The van der Waals surface area contributed by atoms with Gasteiger partial charge in [0, 0.05) is 24.4 Å². The predicted molar refractivity (Wildman–Crippen MR) is 61.9 cm³/mol. The number of nitrogens with zero attached hydrogens (tertiary/aromatic N) is 2. The van der Waals surface area contributed by atoms with Gasteiger partial charge in [-0.3, -0.25) is 4.79 Å². The topological polar surface area (TPSA) is 68.7 Å². The van der Waals surface area contributed by atoms with Crippen molar-refractivity contribution >= 4 is 11.9 Å². The Kier molecular flexibility index (Phi) is 4.06. The third-order valence-electron chi connectivity index (χ3n) is 2.79. The molecule has 2 heterocycles. The molecule has 102 valence electrons. The largest absolute Gasteiger partial charge is 0.467 e. The summed E-state index contributed by atoms with van der Waals surface area (Å²) in [6.45, 7) is 0.671. The van der Waals surface area contributed by atoms with Gasteiger partial charge in [-0.15, -0.1) is 0 Å². The molecule has 2 rings (SSSR count). The zero-order chi connectivity index (χ0) is 13.8. The van der Waals surface area contributed by atoms with Gasteiger partial charge in [0.05, 0.1) is 20.3 Å². The molecule has 1 aliphatic heterocycles. The summed E-state index contributed by atoms with van der Waals surface area (Å²) in [5, 5.41) is 0. The summed E-state index contributed by atoms with van der Waals surface area (Å²) in [5.74, 6) is -1.61. The van der Waals surface area contributed by atoms with Crippen molar-refractivity contribution in [3.8, 4) is 0 Å². The van der Waals surface area contributed by atoms with E-state index in [-0.39, 0.29) is 24.6 Å². The maximum absolute atomic E-state index is 13.0. The molecule has 0 aliphatic carbocycles. The van der Waals surface area contributed by atoms with Crippen molar-refractivity contribution in [1.29, 1.82) is 0 Å². The molecular formula is C12H13FN2O4. The fraction of sp³-hybridized carbons (Fsp3) is 0.417. The summed E-state index contributed by atoms with van der Waals surface area (Å²) in [6, 6.07) is 2.49. The van der Waals surface area contributed by atoms with Crippen molar-refractivity contribution in [3.63, 3.8) is 0 Å². The number of carbonyl (C=O) groups excluding carboxylic acids is 2. The van der Waals surface area contributed by atoms with E-state index in [0.717, 1.165) is 6.07 Å². The molecule has 1 aromatic heterocycles. The van der Waals surface area contributed by atoms with Crippen LogP contribution in [0.3, 0.4) is 0 Å². The average molecular weight is 268 g/mol. The minimum Gasteiger partial charge on any atom is -0.467 e. The van der Waals surface area contributed by atoms with Crippen molar-refractivity contribution in [3.05, 3.63) is 29.8 Å². The second kappa shape index (κ2) is 5.75. The fourth-order valence-corrected chi connectivity index (χ4v) is 1.83. The Bertz CT molecular complexity index is 494. The summed E-state index contributed by atoms with van der Waals surface area (Å²) in [6.07, 6.45) is 0.426. The first-order valence-corrected chi connectivity index (χ1v) is 5.72. The number of rotatable bonds is 2. The smallest absolute Gasteiger partial charge is 0.336 e. The lowest BCUT2D eigenvalue weighted by molar-refractivity contribution is -0.158. The number of amides is 1. The van der Waals surface area contributed by atoms with Crippen LogP contribution in [0.1, 0.15) is 10.4 Å². The van der Waals surface area contributed by atoms with E-state index in [1.165, 1.54) is 24.3 Å². The van der Waals surface area contributed by atoms with Crippen molar-refractivity contribution in [1.82, 2.24) is 9.88 Å². The Labute approximate surface area is 109 Å². The van der Waals surface area contributed by atoms with E-state index < -0.39 is 18.0 Å². The second-order valence-corrected chi connectivity index (χ2v) is 4.00. The number of esters is 1. The van der Waals surface area contributed by atoms with Crippen LogP contribution in [0, 0.1) is 5.95 Å². The van der Waals surface area contributed by atoms with Crippen LogP contribution in [-0.4, -0.2) is 54.7 Å². The van der Waals surface area contributed by atoms with Crippen LogP contribution in [0.25, 0.3) is 0 Å². The minimum atomic E-state index is -0.797. The van der Waals surface area contributed by atoms with E-state index in [2.05, 4.69) is 9.72 Å². The first-order valence-electron chi connectivity index (χ1n) is 5.72. The van der Waals surface area contributed by atoms with E-state index in [1.54, 1.807) is 0 Å². The third kappa shape index (κ3) is 3.05. The quantitative estimate of drug-likeness (QED) is 0.567. The molecule has 1 amide bonds. The van der Waals surface area contributed by atoms with Crippen LogP contribution in [0.5, 0.6) is 0 Å². The zero-order valence-corrected chi connectivity index (χ0v) is 10.3. The Balaban J connectivity index is 2.09. The lowest BCUT2D eigenvalue weighted by Gasteiger charge is -2.31. The lowest BCUT2D eigenvalue weighted by atomic mass is 10.2. The SMILES string of the molecule is COC(=O)C1CN(C(=O)c2ccnc(F)c2)CCO1. The number of ether oxygens (including phenoxy) is 2. The number of morpholine rings is 1. The van der Waals surface area contributed by atoms with E-state index in [9.17, 15) is 14.0 Å². The highest BCUT2D eigenvalue weighted by molar-refractivity contribution is 5.94. The summed E-state index contributed by atoms with van der Waals surface area (Å²) in [5.41, 5.74) is 0.193. The van der Waals surface area contributed by atoms with Crippen molar-refractivity contribution in [2.24, 2.45) is 0 Å². The van der Waals surface area contributed by atoms with E-state index in [1.807, 2.05) is 0 Å². The van der Waals surface area contributed by atoms with Crippen LogP contribution in [0.2, 0.25) is 0 Å². The molecule has 0 aromatic carbocycles. The van der Waals surface area contributed by atoms with E-state index >= 15 is 0 Å². The molecular weight excluding hydrogens is 255 g/mol. The normalized spacial score (nSPS) is 19.1. The molecule has 0 N–H and O–H groups in total. The standard InChI is InChI=1S/C12H13FN2O4/c1-18-12(17)9-7-15(4-5-19-9)11(16)8-2-3-14-10(13)6-8/h2-3,6,9H,4-5,7H2,1H3. The molecule has 19 heavy (non-hydrogen) atoms. The zero-order valence-electron chi connectivity index (χ0n) is 10.3. The monoisotopic (exact) mass is 268 g/mol. The van der Waals surface area contributed by atoms with E-state index in [0.29, 0.717) is 6.54 Å². The van der Waals surface area contributed by atoms with Gasteiger partial charge in [0.2, 0.25) is 5.95 Å². The van der Waals surface area contributed by atoms with Gasteiger partial charge in [0.25, 0.3) is 5.91 Å². The first-order chi connectivity index (χ1) is 9.11. The molecule has 1 saturated heterocycles. The summed E-state index contributed by atoms with van der Waals surface area (Å²) < 4.78 is 22.8. The molecule has 6 nitrogen and oxygen atoms in total. The second-order valence-electron chi connectivity index (χ2n) is 4.00. The molecule has 0 bridgehead atoms. The molecule has 0 spiro atoms. The van der Waals surface area contributed by atoms with Crippen LogP contribution in [0.15, 0.2) is 18.3 Å². The number of halogens is 1. The molecule has 7 heteroatoms. The Morgan fingerprint density at radius 2 is 2.37 bits per heavy atom. The van der Waals surface area contributed by atoms with Gasteiger partial charge >= 0.3 is 5.97 Å². The van der Waals surface area contributed by atoms with Crippen LogP contribution >= 0.6 is 0 Å². The maximum atomic E-state index is 13.0. The van der Waals surface area contributed by atoms with Gasteiger partial charge in [-0.25, -0.2) is 9.78 Å². The Morgan fingerprint density at radius 3 is 3.05 bits per heavy atom. The maximum Gasteiger partial charge on any atom is 0.336 e. The molecule has 1 fully saturated rings. The number of hydrogen-bond acceptors (Lipinski definition) is 5. The summed E-state index contributed by atoms with van der Waals surface area (Å²) in [4.78, 5) is 28.3. The summed E-state index contributed by atoms with van der Waals surface area (Å²) in [7, 11) is 1.25. The number of hydrogen-bond donors (Lipinski definition) is 0. The molecule has 1 aromatic rings. The molecule has 0 radical (unpaired) electrons. The highest BCUT2D eigenvalue weighted by atomic mass is 19.1. The number of carbonyl (C=O) groups is 2. The third-order valence-corrected chi connectivity index (χ3v) is 2.79. The van der Waals surface area contributed by atoms with Gasteiger partial charge in [0.1, 0.15) is 0 Å². The van der Waals surface area contributed by atoms with Gasteiger partial charge < -0.3 is 14.4 Å². The van der Waals surface area contributed by atoms with Crippen molar-refractivity contribution < 1.29 is 23.5 Å². The minimum absolute atomic E-state index is 0.0927. The van der Waals surface area contributed by atoms with Crippen LogP contribution in [0.4, 0.5) is 4.39 Å². The molecule has 1 atom stereocenters. The van der Waals surface area contributed by atoms with Crippen LogP contribution < -0.4 is 0 Å². The number of methoxy groups -OCH3 is 1. The summed E-state index contributed by atoms with van der Waals surface area (Å²) >= 11 is 0. The number of aromatic nitrogens is 1. The fourth-order valence-electron chi connectivity index (χ4n) is 1.83. The predicted octanol–water partition coefficient (Wildman–Crippen LogP) is 0.235. The molecule has 0 saturated carbocycles. The van der Waals surface area contributed by atoms with Crippen molar-refractivity contribution in [2.75, 3.05) is 26.8 Å². The highest BCUT2D eigenvalue weighted by Crippen LogP contribution is 2.11. The van der Waals surface area contributed by atoms with Gasteiger partial charge in [-0.1, -0.05) is 0 Å². The van der Waals surface area contributed by atoms with Gasteiger partial charge in [-0.05, 0) is 6.07 Å². The Morgan fingerprint density at radius 1 is 1.58 bits per heavy atom. The number of pyridine rings is 1.